The van der Waals surface area contributed by atoms with Crippen molar-refractivity contribution in [3.8, 4) is 0 Å². The van der Waals surface area contributed by atoms with Gasteiger partial charge in [-0.25, -0.2) is 0 Å². The van der Waals surface area contributed by atoms with Crippen LogP contribution in [0.5, 0.6) is 0 Å². The largest absolute Gasteiger partial charge is 0.297 e. The Hall–Kier alpha value is -1.26. The van der Waals surface area contributed by atoms with Gasteiger partial charge in [-0.15, -0.1) is 22.7 Å². The molecule has 2 aromatic heterocycles. The van der Waals surface area contributed by atoms with E-state index in [0.717, 1.165) is 11.2 Å². The van der Waals surface area contributed by atoms with E-state index < -0.39 is 0 Å². The molecule has 4 heteroatoms. The average molecular weight is 236 g/mol. The Bertz CT molecular complexity index is 495. The molecule has 0 saturated carbocycles. The number of carbonyl (C=O) groups is 2. The molecule has 0 aromatic carbocycles. The van der Waals surface area contributed by atoms with E-state index in [1.807, 2.05) is 18.4 Å². The van der Waals surface area contributed by atoms with Gasteiger partial charge in [0.25, 0.3) is 0 Å². The van der Waals surface area contributed by atoms with Gasteiger partial charge in [0.15, 0.2) is 6.29 Å². The number of thiophene rings is 2. The second kappa shape index (κ2) is 4.08. The molecule has 2 heterocycles. The number of aryl methyl sites for hydroxylation is 1. The van der Waals surface area contributed by atoms with Crippen LogP contribution in [-0.4, -0.2) is 12.1 Å². The maximum absolute atomic E-state index is 12.0. The van der Waals surface area contributed by atoms with Gasteiger partial charge < -0.3 is 0 Å². The predicted molar refractivity (Wildman–Crippen MR) is 62.2 cm³/mol. The molecule has 0 aliphatic carbocycles. The Morgan fingerprint density at radius 2 is 2.27 bits per heavy atom. The second-order valence-corrected chi connectivity index (χ2v) is 5.28. The number of carbonyl (C=O) groups excluding carboxylic acids is 2. The third kappa shape index (κ3) is 1.91. The smallest absolute Gasteiger partial charge is 0.204 e. The molecule has 0 spiro atoms. The summed E-state index contributed by atoms with van der Waals surface area (Å²) in [4.78, 5) is 24.8. The van der Waals surface area contributed by atoms with E-state index in [4.69, 9.17) is 0 Å². The topological polar surface area (TPSA) is 34.1 Å². The van der Waals surface area contributed by atoms with Crippen molar-refractivity contribution in [2.45, 2.75) is 6.92 Å². The second-order valence-electron chi connectivity index (χ2n) is 3.04. The zero-order valence-electron chi connectivity index (χ0n) is 8.02. The Morgan fingerprint density at radius 3 is 2.80 bits per heavy atom. The Labute approximate surface area is 95.2 Å². The summed E-state index contributed by atoms with van der Waals surface area (Å²) in [6.07, 6.45) is 0.781. The molecule has 0 bridgehead atoms. The standard InChI is InChI=1S/C11H8O2S2/c1-7-9(5-8(6-12)15-7)11(13)10-3-2-4-14-10/h2-6H,1H3. The van der Waals surface area contributed by atoms with Crippen LogP contribution in [-0.2, 0) is 0 Å². The molecular weight excluding hydrogens is 228 g/mol. The molecule has 0 aliphatic heterocycles. The van der Waals surface area contributed by atoms with Crippen LogP contribution in [0, 0.1) is 6.92 Å². The maximum atomic E-state index is 12.0. The summed E-state index contributed by atoms with van der Waals surface area (Å²) in [5, 5.41) is 1.87. The van der Waals surface area contributed by atoms with Crippen molar-refractivity contribution in [2.75, 3.05) is 0 Å². The van der Waals surface area contributed by atoms with E-state index in [9.17, 15) is 9.59 Å². The molecule has 0 radical (unpaired) electrons. The van der Waals surface area contributed by atoms with Gasteiger partial charge in [0.1, 0.15) is 0 Å². The first kappa shape index (κ1) is 10.3. The van der Waals surface area contributed by atoms with Crippen molar-refractivity contribution < 1.29 is 9.59 Å². The third-order valence-electron chi connectivity index (χ3n) is 2.04. The number of aldehydes is 1. The first-order valence-corrected chi connectivity index (χ1v) is 6.06. The summed E-state index contributed by atoms with van der Waals surface area (Å²) in [6.45, 7) is 1.86. The molecule has 0 amide bonds. The molecule has 0 atom stereocenters. The van der Waals surface area contributed by atoms with Crippen LogP contribution in [0.25, 0.3) is 0 Å². The molecule has 0 aliphatic rings. The van der Waals surface area contributed by atoms with Crippen LogP contribution in [0.2, 0.25) is 0 Å². The minimum atomic E-state index is 0.00634. The van der Waals surface area contributed by atoms with Gasteiger partial charge in [-0.1, -0.05) is 6.07 Å². The molecule has 15 heavy (non-hydrogen) atoms. The molecule has 2 rings (SSSR count). The first-order chi connectivity index (χ1) is 7.22. The number of ketones is 1. The Balaban J connectivity index is 2.41. The Kier molecular flexibility index (Phi) is 2.79. The highest BCUT2D eigenvalue weighted by Gasteiger charge is 2.15. The van der Waals surface area contributed by atoms with Crippen molar-refractivity contribution in [1.82, 2.24) is 0 Å². The van der Waals surface area contributed by atoms with Crippen LogP contribution < -0.4 is 0 Å². The molecule has 2 nitrogen and oxygen atoms in total. The van der Waals surface area contributed by atoms with Crippen molar-refractivity contribution in [2.24, 2.45) is 0 Å². The minimum absolute atomic E-state index is 0.00634. The van der Waals surface area contributed by atoms with Crippen molar-refractivity contribution in [1.29, 1.82) is 0 Å². The van der Waals surface area contributed by atoms with Crippen molar-refractivity contribution in [3.05, 3.63) is 43.8 Å². The monoisotopic (exact) mass is 236 g/mol. The van der Waals surface area contributed by atoms with E-state index in [-0.39, 0.29) is 5.78 Å². The summed E-state index contributed by atoms with van der Waals surface area (Å²) in [6, 6.07) is 5.31. The molecular formula is C11H8O2S2. The summed E-state index contributed by atoms with van der Waals surface area (Å²) in [5.41, 5.74) is 0.643. The van der Waals surface area contributed by atoms with Crippen LogP contribution in [0.15, 0.2) is 23.6 Å². The van der Waals surface area contributed by atoms with Gasteiger partial charge >= 0.3 is 0 Å². The summed E-state index contributed by atoms with van der Waals surface area (Å²) < 4.78 is 0. The van der Waals surface area contributed by atoms with Gasteiger partial charge in [0.05, 0.1) is 9.75 Å². The lowest BCUT2D eigenvalue weighted by atomic mass is 10.1. The van der Waals surface area contributed by atoms with Crippen LogP contribution >= 0.6 is 22.7 Å². The van der Waals surface area contributed by atoms with Crippen molar-refractivity contribution in [3.63, 3.8) is 0 Å². The fraction of sp³-hybridized carbons (Fsp3) is 0.0909. The zero-order chi connectivity index (χ0) is 10.8. The lowest BCUT2D eigenvalue weighted by molar-refractivity contribution is 0.104. The highest BCUT2D eigenvalue weighted by molar-refractivity contribution is 7.14. The molecule has 0 N–H and O–H groups in total. The highest BCUT2D eigenvalue weighted by Crippen LogP contribution is 2.24. The zero-order valence-corrected chi connectivity index (χ0v) is 9.65. The third-order valence-corrected chi connectivity index (χ3v) is 3.89. The Morgan fingerprint density at radius 1 is 1.47 bits per heavy atom. The number of rotatable bonds is 3. The number of hydrogen-bond acceptors (Lipinski definition) is 4. The SMILES string of the molecule is Cc1sc(C=O)cc1C(=O)c1cccs1. The molecule has 0 fully saturated rings. The summed E-state index contributed by atoms with van der Waals surface area (Å²) >= 11 is 2.77. The predicted octanol–water partition coefficient (Wildman–Crippen LogP) is 3.16. The summed E-state index contributed by atoms with van der Waals surface area (Å²) in [7, 11) is 0. The van der Waals surface area contributed by atoms with Gasteiger partial charge in [-0.05, 0) is 24.4 Å². The van der Waals surface area contributed by atoms with Crippen molar-refractivity contribution >= 4 is 34.7 Å². The van der Waals surface area contributed by atoms with Gasteiger partial charge in [0, 0.05) is 10.4 Å². The average Bonchev–Trinajstić information content (AvgIpc) is 2.85. The van der Waals surface area contributed by atoms with Crippen LogP contribution in [0.4, 0.5) is 0 Å². The molecule has 0 unspecified atom stereocenters. The molecule has 76 valence electrons. The quantitative estimate of drug-likeness (QED) is 0.606. The van der Waals surface area contributed by atoms with Crippen LogP contribution in [0.1, 0.15) is 29.8 Å². The lowest BCUT2D eigenvalue weighted by Gasteiger charge is -1.94. The van der Waals surface area contributed by atoms with Gasteiger partial charge in [0.2, 0.25) is 5.78 Å². The first-order valence-electron chi connectivity index (χ1n) is 4.36. The number of hydrogen-bond donors (Lipinski definition) is 0. The fourth-order valence-corrected chi connectivity index (χ4v) is 2.85. The molecule has 0 saturated heterocycles. The lowest BCUT2D eigenvalue weighted by Crippen LogP contribution is -1.97. The fourth-order valence-electron chi connectivity index (χ4n) is 1.33. The van der Waals surface area contributed by atoms with Gasteiger partial charge in [-0.3, -0.25) is 9.59 Å². The van der Waals surface area contributed by atoms with E-state index in [1.165, 1.54) is 22.7 Å². The summed E-state index contributed by atoms with van der Waals surface area (Å²) in [5.74, 6) is 0.00634. The molecule has 2 aromatic rings. The maximum Gasteiger partial charge on any atom is 0.204 e. The highest BCUT2D eigenvalue weighted by atomic mass is 32.1. The van der Waals surface area contributed by atoms with E-state index >= 15 is 0 Å². The minimum Gasteiger partial charge on any atom is -0.297 e. The van der Waals surface area contributed by atoms with E-state index in [1.54, 1.807) is 12.1 Å². The van der Waals surface area contributed by atoms with E-state index in [2.05, 4.69) is 0 Å². The van der Waals surface area contributed by atoms with Crippen LogP contribution in [0.3, 0.4) is 0 Å². The van der Waals surface area contributed by atoms with E-state index in [0.29, 0.717) is 15.3 Å². The van der Waals surface area contributed by atoms with Gasteiger partial charge in [-0.2, -0.15) is 0 Å². The normalized spacial score (nSPS) is 10.2.